The van der Waals surface area contributed by atoms with Crippen molar-refractivity contribution < 1.29 is 12.8 Å². The third-order valence-electron chi connectivity index (χ3n) is 2.95. The number of sulfone groups is 1. The van der Waals surface area contributed by atoms with Gasteiger partial charge in [0.2, 0.25) is 0 Å². The van der Waals surface area contributed by atoms with Crippen LogP contribution in [0.15, 0.2) is 57.2 Å². The maximum atomic E-state index is 13.9. The maximum absolute atomic E-state index is 13.9. The van der Waals surface area contributed by atoms with Crippen LogP contribution in [-0.2, 0) is 9.84 Å². The monoisotopic (exact) mass is 325 g/mol. The van der Waals surface area contributed by atoms with E-state index in [1.807, 2.05) is 0 Å². The van der Waals surface area contributed by atoms with Crippen LogP contribution in [-0.4, -0.2) is 14.7 Å². The zero-order chi connectivity index (χ0) is 15.6. The summed E-state index contributed by atoms with van der Waals surface area (Å²) in [5, 5.41) is 0. The van der Waals surface area contributed by atoms with Crippen molar-refractivity contribution in [3.05, 3.63) is 53.8 Å². The molecule has 0 aliphatic heterocycles. The van der Waals surface area contributed by atoms with Crippen LogP contribution < -0.4 is 5.73 Å². The normalized spacial score (nSPS) is 13.1. The van der Waals surface area contributed by atoms with Gasteiger partial charge in [0.05, 0.1) is 4.90 Å². The fourth-order valence-corrected chi connectivity index (χ4v) is 3.63. The number of halogens is 1. The number of rotatable bonds is 4. The van der Waals surface area contributed by atoms with Crippen LogP contribution in [0.5, 0.6) is 0 Å². The third kappa shape index (κ3) is 3.84. The first-order valence-corrected chi connectivity index (χ1v) is 9.02. The van der Waals surface area contributed by atoms with Gasteiger partial charge in [-0.05, 0) is 43.3 Å². The molecule has 21 heavy (non-hydrogen) atoms. The van der Waals surface area contributed by atoms with Crippen LogP contribution in [0.1, 0.15) is 18.5 Å². The van der Waals surface area contributed by atoms with Crippen molar-refractivity contribution in [3.8, 4) is 0 Å². The highest BCUT2D eigenvalue weighted by atomic mass is 32.2. The van der Waals surface area contributed by atoms with Crippen LogP contribution in [0.2, 0.25) is 0 Å². The first-order chi connectivity index (χ1) is 9.79. The van der Waals surface area contributed by atoms with Crippen molar-refractivity contribution >= 4 is 21.6 Å². The van der Waals surface area contributed by atoms with Gasteiger partial charge in [-0.15, -0.1) is 0 Å². The summed E-state index contributed by atoms with van der Waals surface area (Å²) in [7, 11) is -3.21. The molecule has 0 bridgehead atoms. The van der Waals surface area contributed by atoms with E-state index in [2.05, 4.69) is 0 Å². The first-order valence-electron chi connectivity index (χ1n) is 6.31. The summed E-state index contributed by atoms with van der Waals surface area (Å²) in [6, 6.07) is 10.9. The molecule has 0 aliphatic carbocycles. The molecule has 3 nitrogen and oxygen atoms in total. The fourth-order valence-electron chi connectivity index (χ4n) is 1.93. The lowest BCUT2D eigenvalue weighted by Crippen LogP contribution is -2.08. The van der Waals surface area contributed by atoms with Gasteiger partial charge >= 0.3 is 0 Å². The zero-order valence-corrected chi connectivity index (χ0v) is 13.3. The largest absolute Gasteiger partial charge is 0.324 e. The average molecular weight is 325 g/mol. The van der Waals surface area contributed by atoms with Gasteiger partial charge in [-0.25, -0.2) is 12.8 Å². The predicted octanol–water partition coefficient (Wildman–Crippen LogP) is 3.40. The molecule has 2 rings (SSSR count). The topological polar surface area (TPSA) is 60.2 Å². The van der Waals surface area contributed by atoms with Gasteiger partial charge in [0.15, 0.2) is 9.84 Å². The molecule has 2 aromatic carbocycles. The zero-order valence-electron chi connectivity index (χ0n) is 11.7. The minimum absolute atomic E-state index is 0.263. The van der Waals surface area contributed by atoms with E-state index in [0.29, 0.717) is 5.56 Å². The third-order valence-corrected chi connectivity index (χ3v) is 5.16. The highest BCUT2D eigenvalue weighted by Crippen LogP contribution is 2.34. The summed E-state index contributed by atoms with van der Waals surface area (Å²) in [5.74, 6) is -0.331. The number of hydrogen-bond donors (Lipinski definition) is 1. The Morgan fingerprint density at radius 2 is 1.76 bits per heavy atom. The van der Waals surface area contributed by atoms with E-state index >= 15 is 0 Å². The van der Waals surface area contributed by atoms with Crippen molar-refractivity contribution in [1.29, 1.82) is 0 Å². The lowest BCUT2D eigenvalue weighted by Gasteiger charge is -2.13. The van der Waals surface area contributed by atoms with Crippen molar-refractivity contribution in [2.24, 2.45) is 5.73 Å². The second-order valence-electron chi connectivity index (χ2n) is 4.79. The van der Waals surface area contributed by atoms with E-state index in [1.165, 1.54) is 17.8 Å². The van der Waals surface area contributed by atoms with Crippen molar-refractivity contribution in [2.45, 2.75) is 27.7 Å². The molecule has 6 heteroatoms. The lowest BCUT2D eigenvalue weighted by atomic mass is 10.1. The van der Waals surface area contributed by atoms with Crippen molar-refractivity contribution in [2.75, 3.05) is 6.26 Å². The Bertz CT molecular complexity index is 741. The van der Waals surface area contributed by atoms with Gasteiger partial charge in [0, 0.05) is 27.7 Å². The molecular formula is C15H16FNO2S2. The van der Waals surface area contributed by atoms with Gasteiger partial charge in [-0.1, -0.05) is 17.8 Å². The average Bonchev–Trinajstić information content (AvgIpc) is 2.38. The Morgan fingerprint density at radius 3 is 2.29 bits per heavy atom. The number of hydrogen-bond acceptors (Lipinski definition) is 4. The van der Waals surface area contributed by atoms with Crippen LogP contribution in [0.3, 0.4) is 0 Å². The molecule has 0 aliphatic rings. The number of benzene rings is 2. The van der Waals surface area contributed by atoms with E-state index < -0.39 is 15.9 Å². The molecular weight excluding hydrogens is 309 g/mol. The molecule has 1 atom stereocenters. The van der Waals surface area contributed by atoms with Gasteiger partial charge in [-0.3, -0.25) is 0 Å². The molecule has 0 spiro atoms. The van der Waals surface area contributed by atoms with Crippen molar-refractivity contribution in [3.63, 3.8) is 0 Å². The summed E-state index contributed by atoms with van der Waals surface area (Å²) < 4.78 is 36.7. The summed E-state index contributed by atoms with van der Waals surface area (Å²) in [6.45, 7) is 1.73. The van der Waals surface area contributed by atoms with Gasteiger partial charge in [0.1, 0.15) is 5.82 Å². The predicted molar refractivity (Wildman–Crippen MR) is 82.7 cm³/mol. The molecule has 0 radical (unpaired) electrons. The Kier molecular flexibility index (Phi) is 4.70. The van der Waals surface area contributed by atoms with E-state index in [4.69, 9.17) is 5.73 Å². The van der Waals surface area contributed by atoms with E-state index in [1.54, 1.807) is 43.3 Å². The quantitative estimate of drug-likeness (QED) is 0.936. The number of nitrogens with two attached hydrogens (primary N) is 1. The van der Waals surface area contributed by atoms with E-state index in [9.17, 15) is 12.8 Å². The van der Waals surface area contributed by atoms with Crippen LogP contribution >= 0.6 is 11.8 Å². The highest BCUT2D eigenvalue weighted by Gasteiger charge is 2.14. The Morgan fingerprint density at radius 1 is 1.14 bits per heavy atom. The summed E-state index contributed by atoms with van der Waals surface area (Å²) >= 11 is 1.36. The minimum Gasteiger partial charge on any atom is -0.324 e. The maximum Gasteiger partial charge on any atom is 0.175 e. The SMILES string of the molecule is C[C@H](N)c1c(F)cccc1Sc1ccc(S(C)(=O)=O)cc1. The Labute approximate surface area is 128 Å². The molecule has 0 saturated carbocycles. The van der Waals surface area contributed by atoms with Crippen LogP contribution in [0, 0.1) is 5.82 Å². The van der Waals surface area contributed by atoms with Crippen LogP contribution in [0.25, 0.3) is 0 Å². The summed E-state index contributed by atoms with van der Waals surface area (Å²) in [4.78, 5) is 1.82. The van der Waals surface area contributed by atoms with Gasteiger partial charge in [0.25, 0.3) is 0 Å². The highest BCUT2D eigenvalue weighted by molar-refractivity contribution is 7.99. The van der Waals surface area contributed by atoms with E-state index in [0.717, 1.165) is 16.0 Å². The molecule has 0 unspecified atom stereocenters. The fraction of sp³-hybridized carbons (Fsp3) is 0.200. The van der Waals surface area contributed by atoms with E-state index in [-0.39, 0.29) is 10.7 Å². The van der Waals surface area contributed by atoms with Crippen LogP contribution in [0.4, 0.5) is 4.39 Å². The molecule has 0 fully saturated rings. The molecule has 2 N–H and O–H groups in total. The molecule has 0 aromatic heterocycles. The second-order valence-corrected chi connectivity index (χ2v) is 7.92. The summed E-state index contributed by atoms with van der Waals surface area (Å²) in [5.41, 5.74) is 6.28. The minimum atomic E-state index is -3.21. The smallest absolute Gasteiger partial charge is 0.175 e. The Balaban J connectivity index is 2.33. The van der Waals surface area contributed by atoms with Gasteiger partial charge in [-0.2, -0.15) is 0 Å². The molecule has 112 valence electrons. The molecule has 0 saturated heterocycles. The first kappa shape index (κ1) is 16.0. The molecule has 2 aromatic rings. The molecule has 0 amide bonds. The lowest BCUT2D eigenvalue weighted by molar-refractivity contribution is 0.585. The molecule has 0 heterocycles. The second kappa shape index (κ2) is 6.17. The Hall–Kier alpha value is -1.37. The van der Waals surface area contributed by atoms with Crippen molar-refractivity contribution in [1.82, 2.24) is 0 Å². The summed E-state index contributed by atoms with van der Waals surface area (Å²) in [6.07, 6.45) is 1.16. The van der Waals surface area contributed by atoms with Gasteiger partial charge < -0.3 is 5.73 Å². The standard InChI is InChI=1S/C15H16FNO2S2/c1-10(17)15-13(16)4-3-5-14(15)20-11-6-8-12(9-7-11)21(2,18)19/h3-10H,17H2,1-2H3/t10-/m0/s1.